The minimum atomic E-state index is -0.728. The normalized spacial score (nSPS) is 22.8. The highest BCUT2D eigenvalue weighted by molar-refractivity contribution is 5.51. The quantitative estimate of drug-likeness (QED) is 0.867. The molecule has 0 radical (unpaired) electrons. The van der Waals surface area contributed by atoms with Gasteiger partial charge in [-0.15, -0.1) is 0 Å². The number of nitrogens with one attached hydrogen (secondary N) is 1. The van der Waals surface area contributed by atoms with Crippen LogP contribution in [0.15, 0.2) is 12.1 Å². The summed E-state index contributed by atoms with van der Waals surface area (Å²) in [5.41, 5.74) is 5.46. The van der Waals surface area contributed by atoms with Gasteiger partial charge in [0.15, 0.2) is 11.6 Å². The number of rotatable bonds is 3. The summed E-state index contributed by atoms with van der Waals surface area (Å²) in [6, 6.07) is 3.81. The van der Waals surface area contributed by atoms with Crippen molar-refractivity contribution >= 4 is 5.69 Å². The van der Waals surface area contributed by atoms with Gasteiger partial charge in [0.1, 0.15) is 5.69 Å². The largest absolute Gasteiger partial charge is 0.377 e. The highest BCUT2D eigenvalue weighted by atomic mass is 19.1. The lowest BCUT2D eigenvalue weighted by Gasteiger charge is -2.21. The monoisotopic (exact) mass is 251 g/mol. The average molecular weight is 251 g/mol. The predicted octanol–water partition coefficient (Wildman–Crippen LogP) is 2.38. The summed E-state index contributed by atoms with van der Waals surface area (Å²) in [6.07, 6.45) is 2.85. The van der Waals surface area contributed by atoms with E-state index in [1.54, 1.807) is 6.07 Å². The van der Waals surface area contributed by atoms with Crippen LogP contribution < -0.4 is 11.1 Å². The maximum absolute atomic E-state index is 13.7. The Hall–Kier alpha value is -1.67. The molecule has 1 aliphatic rings. The van der Waals surface area contributed by atoms with Crippen LogP contribution >= 0.6 is 0 Å². The predicted molar refractivity (Wildman–Crippen MR) is 64.9 cm³/mol. The third-order valence-corrected chi connectivity index (χ3v) is 3.46. The van der Waals surface area contributed by atoms with Gasteiger partial charge in [-0.3, -0.25) is 0 Å². The molecule has 0 aromatic heterocycles. The van der Waals surface area contributed by atoms with E-state index in [2.05, 4.69) is 5.32 Å². The van der Waals surface area contributed by atoms with E-state index >= 15 is 0 Å². The van der Waals surface area contributed by atoms with Crippen molar-refractivity contribution in [1.82, 2.24) is 0 Å². The standard InChI is InChI=1S/C13H15F2N3/c14-10-4-8(6-16)5-11(15)13(10)18-12-3-1-2-9(12)7-17/h4-5,9,12,18H,1-3,7,17H2. The highest BCUT2D eigenvalue weighted by Crippen LogP contribution is 2.30. The Kier molecular flexibility index (Phi) is 3.78. The molecule has 0 saturated heterocycles. The van der Waals surface area contributed by atoms with Crippen LogP contribution in [-0.4, -0.2) is 12.6 Å². The van der Waals surface area contributed by atoms with Gasteiger partial charge in [-0.1, -0.05) is 6.42 Å². The summed E-state index contributed by atoms with van der Waals surface area (Å²) in [7, 11) is 0. The Morgan fingerprint density at radius 1 is 1.33 bits per heavy atom. The highest BCUT2D eigenvalue weighted by Gasteiger charge is 2.27. The number of hydrogen-bond donors (Lipinski definition) is 2. The van der Waals surface area contributed by atoms with E-state index in [0.29, 0.717) is 6.54 Å². The molecule has 1 saturated carbocycles. The van der Waals surface area contributed by atoms with Crippen molar-refractivity contribution in [3.05, 3.63) is 29.3 Å². The zero-order chi connectivity index (χ0) is 13.1. The molecular weight excluding hydrogens is 236 g/mol. The molecule has 2 rings (SSSR count). The van der Waals surface area contributed by atoms with Gasteiger partial charge < -0.3 is 11.1 Å². The van der Waals surface area contributed by atoms with Gasteiger partial charge >= 0.3 is 0 Å². The molecule has 1 aromatic carbocycles. The Labute approximate surface area is 105 Å². The zero-order valence-corrected chi connectivity index (χ0v) is 9.92. The number of hydrogen-bond acceptors (Lipinski definition) is 3. The molecule has 18 heavy (non-hydrogen) atoms. The van der Waals surface area contributed by atoms with Crippen molar-refractivity contribution in [2.24, 2.45) is 11.7 Å². The van der Waals surface area contributed by atoms with Crippen molar-refractivity contribution in [2.75, 3.05) is 11.9 Å². The maximum atomic E-state index is 13.7. The Morgan fingerprint density at radius 2 is 2.00 bits per heavy atom. The second kappa shape index (κ2) is 5.32. The lowest BCUT2D eigenvalue weighted by molar-refractivity contribution is 0.506. The van der Waals surface area contributed by atoms with Crippen LogP contribution in [0.4, 0.5) is 14.5 Å². The van der Waals surface area contributed by atoms with Crippen molar-refractivity contribution in [3.63, 3.8) is 0 Å². The Bertz CT molecular complexity index is 459. The number of nitrogens with zero attached hydrogens (tertiary/aromatic N) is 1. The Morgan fingerprint density at radius 3 is 2.56 bits per heavy atom. The third kappa shape index (κ3) is 2.44. The number of nitrogens with two attached hydrogens (primary N) is 1. The molecule has 2 unspecified atom stereocenters. The summed E-state index contributed by atoms with van der Waals surface area (Å²) in [5, 5.41) is 11.5. The Balaban J connectivity index is 2.22. The van der Waals surface area contributed by atoms with Gasteiger partial charge in [0.05, 0.1) is 11.6 Å². The van der Waals surface area contributed by atoms with Crippen LogP contribution in [-0.2, 0) is 0 Å². The van der Waals surface area contributed by atoms with E-state index in [0.717, 1.165) is 31.4 Å². The van der Waals surface area contributed by atoms with Crippen molar-refractivity contribution in [3.8, 4) is 6.07 Å². The van der Waals surface area contributed by atoms with E-state index in [-0.39, 0.29) is 23.2 Å². The zero-order valence-electron chi connectivity index (χ0n) is 9.92. The molecular formula is C13H15F2N3. The number of nitriles is 1. The summed E-state index contributed by atoms with van der Waals surface area (Å²) >= 11 is 0. The van der Waals surface area contributed by atoms with E-state index in [9.17, 15) is 8.78 Å². The first-order valence-corrected chi connectivity index (χ1v) is 6.01. The lowest BCUT2D eigenvalue weighted by atomic mass is 10.0. The van der Waals surface area contributed by atoms with Gasteiger partial charge in [0.2, 0.25) is 0 Å². The molecule has 1 fully saturated rings. The fourth-order valence-electron chi connectivity index (χ4n) is 2.47. The first-order chi connectivity index (χ1) is 8.65. The lowest BCUT2D eigenvalue weighted by Crippen LogP contribution is -2.30. The fourth-order valence-corrected chi connectivity index (χ4v) is 2.47. The molecule has 0 spiro atoms. The van der Waals surface area contributed by atoms with E-state index in [4.69, 9.17) is 11.0 Å². The molecule has 0 heterocycles. The number of anilines is 1. The van der Waals surface area contributed by atoms with Crippen molar-refractivity contribution < 1.29 is 8.78 Å². The minimum absolute atomic E-state index is 0.00642. The maximum Gasteiger partial charge on any atom is 0.150 e. The minimum Gasteiger partial charge on any atom is -0.377 e. The molecule has 3 nitrogen and oxygen atoms in total. The SMILES string of the molecule is N#Cc1cc(F)c(NC2CCCC2CN)c(F)c1. The van der Waals surface area contributed by atoms with E-state index in [1.807, 2.05) is 0 Å². The number of benzene rings is 1. The molecule has 1 aliphatic carbocycles. The average Bonchev–Trinajstić information content (AvgIpc) is 2.80. The first kappa shape index (κ1) is 12.8. The van der Waals surface area contributed by atoms with E-state index in [1.165, 1.54) is 0 Å². The second-order valence-electron chi connectivity index (χ2n) is 4.60. The van der Waals surface area contributed by atoms with Gasteiger partial charge in [-0.2, -0.15) is 5.26 Å². The second-order valence-corrected chi connectivity index (χ2v) is 4.60. The molecule has 0 bridgehead atoms. The molecule has 3 N–H and O–H groups in total. The summed E-state index contributed by atoms with van der Waals surface area (Å²) in [4.78, 5) is 0. The first-order valence-electron chi connectivity index (χ1n) is 6.01. The van der Waals surface area contributed by atoms with Gasteiger partial charge in [0, 0.05) is 6.04 Å². The third-order valence-electron chi connectivity index (χ3n) is 3.46. The van der Waals surface area contributed by atoms with Crippen molar-refractivity contribution in [1.29, 1.82) is 5.26 Å². The van der Waals surface area contributed by atoms with Crippen LogP contribution in [0.3, 0.4) is 0 Å². The fraction of sp³-hybridized carbons (Fsp3) is 0.462. The van der Waals surface area contributed by atoms with Crippen LogP contribution in [0.25, 0.3) is 0 Å². The molecule has 5 heteroatoms. The molecule has 1 aromatic rings. The molecule has 2 atom stereocenters. The van der Waals surface area contributed by atoms with Crippen LogP contribution in [0.5, 0.6) is 0 Å². The van der Waals surface area contributed by atoms with Gasteiger partial charge in [-0.25, -0.2) is 8.78 Å². The van der Waals surface area contributed by atoms with Crippen molar-refractivity contribution in [2.45, 2.75) is 25.3 Å². The smallest absolute Gasteiger partial charge is 0.150 e. The topological polar surface area (TPSA) is 61.8 Å². The summed E-state index contributed by atoms with van der Waals surface area (Å²) in [6.45, 7) is 0.511. The molecule has 0 amide bonds. The van der Waals surface area contributed by atoms with Crippen LogP contribution in [0.1, 0.15) is 24.8 Å². The molecule has 96 valence electrons. The molecule has 0 aliphatic heterocycles. The summed E-state index contributed by atoms with van der Waals surface area (Å²) < 4.78 is 27.4. The van der Waals surface area contributed by atoms with Crippen LogP contribution in [0.2, 0.25) is 0 Å². The van der Waals surface area contributed by atoms with Crippen LogP contribution in [0, 0.1) is 28.9 Å². The van der Waals surface area contributed by atoms with E-state index < -0.39 is 11.6 Å². The van der Waals surface area contributed by atoms with Gasteiger partial charge in [0.25, 0.3) is 0 Å². The summed E-state index contributed by atoms with van der Waals surface area (Å²) in [5.74, 6) is -1.21. The number of halogens is 2. The van der Waals surface area contributed by atoms with Gasteiger partial charge in [-0.05, 0) is 37.4 Å².